The molecule has 0 aliphatic rings. The molecule has 3 heterocycles. The first-order chi connectivity index (χ1) is 11.3. The Bertz CT molecular complexity index is 930. The molecule has 3 aromatic heterocycles. The highest BCUT2D eigenvalue weighted by Gasteiger charge is 2.14. The molecule has 23 heavy (non-hydrogen) atoms. The van der Waals surface area contributed by atoms with Gasteiger partial charge in [0, 0.05) is 23.5 Å². The van der Waals surface area contributed by atoms with Gasteiger partial charge in [0.1, 0.15) is 10.8 Å². The molecule has 0 aliphatic heterocycles. The van der Waals surface area contributed by atoms with Crippen molar-refractivity contribution in [1.82, 2.24) is 24.8 Å². The van der Waals surface area contributed by atoms with Crippen LogP contribution in [0.5, 0.6) is 5.75 Å². The molecule has 0 saturated heterocycles. The molecule has 0 atom stereocenters. The number of rotatable bonds is 4. The van der Waals surface area contributed by atoms with Crippen LogP contribution in [0.15, 0.2) is 48.8 Å². The zero-order valence-corrected chi connectivity index (χ0v) is 13.2. The smallest absolute Gasteiger partial charge is 0.235 e. The quantitative estimate of drug-likeness (QED) is 0.576. The summed E-state index contributed by atoms with van der Waals surface area (Å²) in [7, 11) is 0. The molecule has 6 nitrogen and oxygen atoms in total. The maximum Gasteiger partial charge on any atom is 0.235 e. The molecule has 0 saturated carbocycles. The molecule has 0 radical (unpaired) electrons. The van der Waals surface area contributed by atoms with E-state index in [0.717, 1.165) is 26.8 Å². The zero-order valence-electron chi connectivity index (χ0n) is 12.4. The molecule has 1 aromatic carbocycles. The maximum absolute atomic E-state index is 5.47. The van der Waals surface area contributed by atoms with E-state index in [1.165, 1.54) is 11.3 Å². The van der Waals surface area contributed by atoms with Gasteiger partial charge in [-0.05, 0) is 43.3 Å². The lowest BCUT2D eigenvalue weighted by molar-refractivity contribution is 0.340. The van der Waals surface area contributed by atoms with Crippen LogP contribution in [0.1, 0.15) is 6.92 Å². The molecule has 7 heteroatoms. The van der Waals surface area contributed by atoms with Crippen molar-refractivity contribution in [1.29, 1.82) is 0 Å². The Balaban J connectivity index is 1.73. The molecular weight excluding hydrogens is 310 g/mol. The lowest BCUT2D eigenvalue weighted by atomic mass is 10.2. The first kappa shape index (κ1) is 13.8. The Labute approximate surface area is 136 Å². The number of aromatic nitrogens is 5. The lowest BCUT2D eigenvalue weighted by Crippen LogP contribution is -1.92. The van der Waals surface area contributed by atoms with Crippen molar-refractivity contribution in [2.24, 2.45) is 0 Å². The van der Waals surface area contributed by atoms with Crippen LogP contribution in [0, 0.1) is 0 Å². The number of hydrogen-bond acceptors (Lipinski definition) is 6. The monoisotopic (exact) mass is 323 g/mol. The highest BCUT2D eigenvalue weighted by molar-refractivity contribution is 7.19. The molecule has 0 unspecified atom stereocenters. The van der Waals surface area contributed by atoms with Gasteiger partial charge in [-0.3, -0.25) is 4.98 Å². The molecular formula is C16H13N5OS. The summed E-state index contributed by atoms with van der Waals surface area (Å²) < 4.78 is 7.22. The fraction of sp³-hybridized carbons (Fsp3) is 0.125. The summed E-state index contributed by atoms with van der Waals surface area (Å²) in [4.78, 5) is 4.88. The molecule has 4 rings (SSSR count). The van der Waals surface area contributed by atoms with Gasteiger partial charge in [-0.2, -0.15) is 9.61 Å². The van der Waals surface area contributed by atoms with Crippen molar-refractivity contribution in [3.8, 4) is 27.7 Å². The van der Waals surface area contributed by atoms with Gasteiger partial charge in [0.15, 0.2) is 5.82 Å². The van der Waals surface area contributed by atoms with E-state index in [1.54, 1.807) is 16.9 Å². The Morgan fingerprint density at radius 1 is 1.09 bits per heavy atom. The van der Waals surface area contributed by atoms with E-state index in [2.05, 4.69) is 20.3 Å². The van der Waals surface area contributed by atoms with E-state index in [1.807, 2.05) is 43.3 Å². The lowest BCUT2D eigenvalue weighted by Gasteiger charge is -2.02. The second-order valence-corrected chi connectivity index (χ2v) is 5.78. The van der Waals surface area contributed by atoms with Crippen LogP contribution in [-0.2, 0) is 0 Å². The largest absolute Gasteiger partial charge is 0.494 e. The topological polar surface area (TPSA) is 65.2 Å². The van der Waals surface area contributed by atoms with Crippen LogP contribution < -0.4 is 4.74 Å². The van der Waals surface area contributed by atoms with E-state index >= 15 is 0 Å². The SMILES string of the molecule is CCOc1ccc(-c2nn3c(-c4cccnc4)nnc3s2)cc1. The third kappa shape index (κ3) is 2.55. The molecule has 114 valence electrons. The maximum atomic E-state index is 5.47. The van der Waals surface area contributed by atoms with Gasteiger partial charge in [-0.25, -0.2) is 0 Å². The van der Waals surface area contributed by atoms with E-state index < -0.39 is 0 Å². The van der Waals surface area contributed by atoms with Crippen molar-refractivity contribution in [3.63, 3.8) is 0 Å². The number of benzene rings is 1. The molecule has 0 amide bonds. The summed E-state index contributed by atoms with van der Waals surface area (Å²) >= 11 is 1.50. The van der Waals surface area contributed by atoms with Gasteiger partial charge in [0.05, 0.1) is 6.61 Å². The summed E-state index contributed by atoms with van der Waals surface area (Å²) in [5.74, 6) is 1.55. The second-order valence-electron chi connectivity index (χ2n) is 4.82. The molecule has 0 N–H and O–H groups in total. The Morgan fingerprint density at radius 3 is 2.70 bits per heavy atom. The van der Waals surface area contributed by atoms with Gasteiger partial charge in [0.25, 0.3) is 0 Å². The first-order valence-electron chi connectivity index (χ1n) is 7.21. The molecule has 0 aliphatic carbocycles. The van der Waals surface area contributed by atoms with Gasteiger partial charge >= 0.3 is 0 Å². The second kappa shape index (κ2) is 5.77. The van der Waals surface area contributed by atoms with Gasteiger partial charge in [0.2, 0.25) is 4.96 Å². The third-order valence-corrected chi connectivity index (χ3v) is 4.27. The number of pyridine rings is 1. The number of nitrogens with zero attached hydrogens (tertiary/aromatic N) is 5. The summed E-state index contributed by atoms with van der Waals surface area (Å²) in [5.41, 5.74) is 1.92. The van der Waals surface area contributed by atoms with Gasteiger partial charge < -0.3 is 4.74 Å². The van der Waals surface area contributed by atoms with Crippen molar-refractivity contribution in [2.45, 2.75) is 6.92 Å². The summed E-state index contributed by atoms with van der Waals surface area (Å²) in [6.45, 7) is 2.63. The summed E-state index contributed by atoms with van der Waals surface area (Å²) in [6, 6.07) is 11.7. The fourth-order valence-corrected chi connectivity index (χ4v) is 3.11. The van der Waals surface area contributed by atoms with Crippen LogP contribution in [0.4, 0.5) is 0 Å². The van der Waals surface area contributed by atoms with Crippen LogP contribution in [0.3, 0.4) is 0 Å². The van der Waals surface area contributed by atoms with Gasteiger partial charge in [-0.15, -0.1) is 10.2 Å². The Morgan fingerprint density at radius 2 is 1.96 bits per heavy atom. The molecule has 0 spiro atoms. The molecule has 0 fully saturated rings. The molecule has 4 aromatic rings. The molecule has 0 bridgehead atoms. The van der Waals surface area contributed by atoms with Crippen LogP contribution >= 0.6 is 11.3 Å². The summed E-state index contributed by atoms with van der Waals surface area (Å²) in [5, 5.41) is 13.9. The normalized spacial score (nSPS) is 11.0. The minimum atomic E-state index is 0.657. The predicted octanol–water partition coefficient (Wildman–Crippen LogP) is 3.31. The number of ether oxygens (including phenoxy) is 1. The average Bonchev–Trinajstić information content (AvgIpc) is 3.17. The number of hydrogen-bond donors (Lipinski definition) is 0. The fourth-order valence-electron chi connectivity index (χ4n) is 2.27. The van der Waals surface area contributed by atoms with Crippen molar-refractivity contribution < 1.29 is 4.74 Å². The van der Waals surface area contributed by atoms with Crippen molar-refractivity contribution >= 4 is 16.3 Å². The van der Waals surface area contributed by atoms with Crippen molar-refractivity contribution in [3.05, 3.63) is 48.8 Å². The van der Waals surface area contributed by atoms with Crippen LogP contribution in [-0.4, -0.2) is 31.4 Å². The van der Waals surface area contributed by atoms with Crippen LogP contribution in [0.2, 0.25) is 0 Å². The van der Waals surface area contributed by atoms with E-state index in [0.29, 0.717) is 12.4 Å². The van der Waals surface area contributed by atoms with E-state index in [9.17, 15) is 0 Å². The van der Waals surface area contributed by atoms with Crippen molar-refractivity contribution in [2.75, 3.05) is 6.61 Å². The zero-order chi connectivity index (χ0) is 15.6. The Hall–Kier alpha value is -2.80. The van der Waals surface area contributed by atoms with Gasteiger partial charge in [-0.1, -0.05) is 11.3 Å². The highest BCUT2D eigenvalue weighted by Crippen LogP contribution is 2.28. The standard InChI is InChI=1S/C16H13N5OS/c1-2-22-13-7-5-11(6-8-13)15-20-21-14(18-19-16(21)23-15)12-4-3-9-17-10-12/h3-10H,2H2,1H3. The highest BCUT2D eigenvalue weighted by atomic mass is 32.1. The van der Waals surface area contributed by atoms with E-state index in [4.69, 9.17) is 4.74 Å². The minimum absolute atomic E-state index is 0.657. The first-order valence-corrected chi connectivity index (χ1v) is 8.02. The number of fused-ring (bicyclic) bond motifs is 1. The minimum Gasteiger partial charge on any atom is -0.494 e. The summed E-state index contributed by atoms with van der Waals surface area (Å²) in [6.07, 6.45) is 3.49. The predicted molar refractivity (Wildman–Crippen MR) is 88.5 cm³/mol. The van der Waals surface area contributed by atoms with Crippen LogP contribution in [0.25, 0.3) is 26.9 Å². The van der Waals surface area contributed by atoms with E-state index in [-0.39, 0.29) is 0 Å². The third-order valence-electron chi connectivity index (χ3n) is 3.32. The average molecular weight is 323 g/mol. The Kier molecular flexibility index (Phi) is 3.47.